The monoisotopic (exact) mass is 274 g/mol. The number of aliphatic hydroxyl groups is 1. The quantitative estimate of drug-likeness (QED) is 0.863. The topological polar surface area (TPSA) is 70.7 Å². The van der Waals surface area contributed by atoms with Gasteiger partial charge in [0.1, 0.15) is 11.2 Å². The third-order valence-corrected chi connectivity index (χ3v) is 3.29. The van der Waals surface area contributed by atoms with E-state index in [0.717, 1.165) is 5.56 Å². The summed E-state index contributed by atoms with van der Waals surface area (Å²) in [4.78, 5) is 11.2. The molecular formula is C10H11BrO4. The molecule has 0 amide bonds. The van der Waals surface area contributed by atoms with Gasteiger partial charge in [0.25, 0.3) is 0 Å². The fourth-order valence-corrected chi connectivity index (χ4v) is 2.63. The first kappa shape index (κ1) is 10.7. The van der Waals surface area contributed by atoms with Crippen LogP contribution in [-0.2, 0) is 10.2 Å². The third-order valence-electron chi connectivity index (χ3n) is 2.90. The van der Waals surface area contributed by atoms with Crippen molar-refractivity contribution < 1.29 is 19.4 Å². The zero-order valence-electron chi connectivity index (χ0n) is 8.16. The van der Waals surface area contributed by atoms with Crippen molar-refractivity contribution in [2.45, 2.75) is 31.3 Å². The maximum absolute atomic E-state index is 11.2. The number of aliphatic carboxylic acids is 1. The number of carbonyl (C=O) groups is 1. The Morgan fingerprint density at radius 2 is 2.27 bits per heavy atom. The van der Waals surface area contributed by atoms with Crippen molar-refractivity contribution in [1.82, 2.24) is 0 Å². The number of carboxylic acid groups (broad SMARTS) is 1. The maximum Gasteiger partial charge on any atom is 0.317 e. The normalized spacial score (nSPS) is 29.9. The van der Waals surface area contributed by atoms with Crippen molar-refractivity contribution in [3.05, 3.63) is 22.1 Å². The molecule has 4 nitrogen and oxygen atoms in total. The SMILES string of the molecule is Cc1cc(Br)oc1C1(C(=O)O)CC(O)C1. The van der Waals surface area contributed by atoms with Crippen LogP contribution in [0, 0.1) is 6.92 Å². The molecule has 0 saturated heterocycles. The predicted octanol–water partition coefficient (Wildman–Crippen LogP) is 1.83. The van der Waals surface area contributed by atoms with Crippen molar-refractivity contribution in [2.24, 2.45) is 0 Å². The second-order valence-corrected chi connectivity index (χ2v) is 4.79. The van der Waals surface area contributed by atoms with Crippen molar-refractivity contribution in [2.75, 3.05) is 0 Å². The highest BCUT2D eigenvalue weighted by molar-refractivity contribution is 9.10. The summed E-state index contributed by atoms with van der Waals surface area (Å²) < 4.78 is 5.88. The Bertz CT molecular complexity index is 404. The highest BCUT2D eigenvalue weighted by Gasteiger charge is 2.54. The van der Waals surface area contributed by atoms with E-state index in [1.54, 1.807) is 13.0 Å². The first-order valence-corrected chi connectivity index (χ1v) is 5.43. The molecule has 1 aliphatic rings. The molecular weight excluding hydrogens is 264 g/mol. The van der Waals surface area contributed by atoms with Gasteiger partial charge in [0, 0.05) is 0 Å². The van der Waals surface area contributed by atoms with Crippen LogP contribution in [0.1, 0.15) is 24.2 Å². The third kappa shape index (κ3) is 1.50. The molecule has 0 aliphatic heterocycles. The molecule has 1 aromatic rings. The lowest BCUT2D eigenvalue weighted by Gasteiger charge is -2.40. The van der Waals surface area contributed by atoms with E-state index in [4.69, 9.17) is 4.42 Å². The number of furan rings is 1. The summed E-state index contributed by atoms with van der Waals surface area (Å²) in [6.07, 6.45) is -0.0870. The number of hydrogen-bond donors (Lipinski definition) is 2. The summed E-state index contributed by atoms with van der Waals surface area (Å²) in [7, 11) is 0. The van der Waals surface area contributed by atoms with Crippen LogP contribution >= 0.6 is 15.9 Å². The summed E-state index contributed by atoms with van der Waals surface area (Å²) in [5.74, 6) is -0.482. The summed E-state index contributed by atoms with van der Waals surface area (Å²) >= 11 is 3.17. The minimum atomic E-state index is -1.03. The van der Waals surface area contributed by atoms with E-state index in [9.17, 15) is 15.0 Å². The Balaban J connectivity index is 2.43. The molecule has 1 fully saturated rings. The molecule has 5 heteroatoms. The van der Waals surface area contributed by atoms with Gasteiger partial charge in [-0.25, -0.2) is 0 Å². The standard InChI is InChI=1S/C10H11BrO4/c1-5-2-7(11)15-8(5)10(9(13)14)3-6(12)4-10/h2,6,12H,3-4H2,1H3,(H,13,14). The van der Waals surface area contributed by atoms with Gasteiger partial charge in [-0.05, 0) is 47.3 Å². The fraction of sp³-hybridized carbons (Fsp3) is 0.500. The number of hydrogen-bond acceptors (Lipinski definition) is 3. The average Bonchev–Trinajstić information content (AvgIpc) is 2.39. The van der Waals surface area contributed by atoms with Crippen LogP contribution in [-0.4, -0.2) is 22.3 Å². The Morgan fingerprint density at radius 3 is 2.60 bits per heavy atom. The van der Waals surface area contributed by atoms with Crippen LogP contribution in [0.15, 0.2) is 15.2 Å². The highest BCUT2D eigenvalue weighted by Crippen LogP contribution is 2.46. The average molecular weight is 275 g/mol. The fourth-order valence-electron chi connectivity index (χ4n) is 2.12. The van der Waals surface area contributed by atoms with Crippen LogP contribution in [0.2, 0.25) is 0 Å². The highest BCUT2D eigenvalue weighted by atomic mass is 79.9. The second-order valence-electron chi connectivity index (χ2n) is 4.01. The van der Waals surface area contributed by atoms with E-state index in [0.29, 0.717) is 10.4 Å². The zero-order chi connectivity index (χ0) is 11.2. The summed E-state index contributed by atoms with van der Waals surface area (Å²) in [6, 6.07) is 1.74. The minimum absolute atomic E-state index is 0.225. The number of aliphatic hydroxyl groups excluding tert-OH is 1. The van der Waals surface area contributed by atoms with Crippen molar-refractivity contribution >= 4 is 21.9 Å². The smallest absolute Gasteiger partial charge is 0.317 e. The molecule has 0 aromatic carbocycles. The van der Waals surface area contributed by atoms with Gasteiger partial charge in [0.05, 0.1) is 6.10 Å². The van der Waals surface area contributed by atoms with Crippen LogP contribution < -0.4 is 0 Å². The Kier molecular flexibility index (Phi) is 2.39. The first-order valence-electron chi connectivity index (χ1n) is 4.63. The van der Waals surface area contributed by atoms with E-state index >= 15 is 0 Å². The van der Waals surface area contributed by atoms with Crippen molar-refractivity contribution in [3.63, 3.8) is 0 Å². The predicted molar refractivity (Wildman–Crippen MR) is 55.7 cm³/mol. The molecule has 1 saturated carbocycles. The lowest BCUT2D eigenvalue weighted by Crippen LogP contribution is -2.50. The number of halogens is 1. The van der Waals surface area contributed by atoms with E-state index in [-0.39, 0.29) is 12.8 Å². The molecule has 0 atom stereocenters. The minimum Gasteiger partial charge on any atom is -0.480 e. The number of rotatable bonds is 2. The zero-order valence-corrected chi connectivity index (χ0v) is 9.74. The van der Waals surface area contributed by atoms with Crippen LogP contribution in [0.3, 0.4) is 0 Å². The van der Waals surface area contributed by atoms with Crippen molar-refractivity contribution in [1.29, 1.82) is 0 Å². The second kappa shape index (κ2) is 3.35. The molecule has 0 radical (unpaired) electrons. The molecule has 1 heterocycles. The van der Waals surface area contributed by atoms with Gasteiger partial charge in [0.2, 0.25) is 0 Å². The van der Waals surface area contributed by atoms with Crippen LogP contribution in [0.25, 0.3) is 0 Å². The molecule has 0 unspecified atom stereocenters. The molecule has 1 aliphatic carbocycles. The molecule has 2 rings (SSSR count). The van der Waals surface area contributed by atoms with Gasteiger partial charge in [-0.1, -0.05) is 0 Å². The number of aryl methyl sites for hydroxylation is 1. The maximum atomic E-state index is 11.2. The van der Waals surface area contributed by atoms with Gasteiger partial charge in [-0.3, -0.25) is 4.79 Å². The van der Waals surface area contributed by atoms with Crippen LogP contribution in [0.5, 0.6) is 0 Å². The molecule has 15 heavy (non-hydrogen) atoms. The summed E-state index contributed by atoms with van der Waals surface area (Å²) in [5.41, 5.74) is -0.230. The van der Waals surface area contributed by atoms with Gasteiger partial charge in [-0.15, -0.1) is 0 Å². The van der Waals surface area contributed by atoms with Gasteiger partial charge >= 0.3 is 5.97 Å². The molecule has 0 spiro atoms. The largest absolute Gasteiger partial charge is 0.480 e. The number of carboxylic acids is 1. The summed E-state index contributed by atoms with van der Waals surface area (Å²) in [6.45, 7) is 1.80. The van der Waals surface area contributed by atoms with Gasteiger partial charge < -0.3 is 14.6 Å². The van der Waals surface area contributed by atoms with E-state index in [2.05, 4.69) is 15.9 Å². The molecule has 1 aromatic heterocycles. The Labute approximate surface area is 95.0 Å². The van der Waals surface area contributed by atoms with E-state index in [1.807, 2.05) is 0 Å². The molecule has 2 N–H and O–H groups in total. The Hall–Kier alpha value is -0.810. The first-order chi connectivity index (χ1) is 6.95. The summed E-state index contributed by atoms with van der Waals surface area (Å²) in [5, 5.41) is 18.5. The molecule has 82 valence electrons. The van der Waals surface area contributed by atoms with Crippen molar-refractivity contribution in [3.8, 4) is 0 Å². The van der Waals surface area contributed by atoms with E-state index < -0.39 is 17.5 Å². The van der Waals surface area contributed by atoms with E-state index in [1.165, 1.54) is 0 Å². The van der Waals surface area contributed by atoms with Crippen LogP contribution in [0.4, 0.5) is 0 Å². The molecule has 0 bridgehead atoms. The Morgan fingerprint density at radius 1 is 1.67 bits per heavy atom. The lowest BCUT2D eigenvalue weighted by atomic mass is 9.64. The van der Waals surface area contributed by atoms with Gasteiger partial charge in [0.15, 0.2) is 4.67 Å². The lowest BCUT2D eigenvalue weighted by molar-refractivity contribution is -0.154. The van der Waals surface area contributed by atoms with Gasteiger partial charge in [-0.2, -0.15) is 0 Å².